The Bertz CT molecular complexity index is 1470. The van der Waals surface area contributed by atoms with E-state index >= 15 is 0 Å². The molecule has 0 amide bonds. The van der Waals surface area contributed by atoms with Gasteiger partial charge in [0.25, 0.3) is 5.89 Å². The zero-order valence-corrected chi connectivity index (χ0v) is 20.2. The van der Waals surface area contributed by atoms with Crippen molar-refractivity contribution in [1.82, 2.24) is 15.0 Å². The monoisotopic (exact) mass is 483 g/mol. The Kier molecular flexibility index (Phi) is 5.45. The predicted molar refractivity (Wildman–Crippen MR) is 133 cm³/mol. The molecule has 182 valence electrons. The number of hydrogen-bond donors (Lipinski definition) is 1. The Morgan fingerprint density at radius 1 is 1.00 bits per heavy atom. The van der Waals surface area contributed by atoms with Gasteiger partial charge in [0, 0.05) is 35.8 Å². The molecule has 1 aliphatic carbocycles. The lowest BCUT2D eigenvalue weighted by Crippen LogP contribution is -2.44. The minimum Gasteiger partial charge on any atom is -0.481 e. The number of carboxylic acids is 1. The molecule has 1 aromatic heterocycles. The summed E-state index contributed by atoms with van der Waals surface area (Å²) < 4.78 is 20.0. The molecule has 3 aromatic carbocycles. The molecule has 0 atom stereocenters. The number of aryl methyl sites for hydroxylation is 2. The molecule has 1 fully saturated rings. The minimum atomic E-state index is -0.689. The predicted octanol–water partition coefficient (Wildman–Crippen LogP) is 6.01. The summed E-state index contributed by atoms with van der Waals surface area (Å²) in [6.45, 7) is 5.57. The van der Waals surface area contributed by atoms with Crippen LogP contribution in [0.2, 0.25) is 0 Å². The fraction of sp³-hybridized carbons (Fsp3) is 0.276. The number of nitrogens with zero attached hydrogens (tertiary/aromatic N) is 3. The zero-order chi connectivity index (χ0) is 25.0. The van der Waals surface area contributed by atoms with Gasteiger partial charge >= 0.3 is 5.97 Å². The lowest BCUT2D eigenvalue weighted by atomic mass is 9.79. The van der Waals surface area contributed by atoms with E-state index in [2.05, 4.69) is 27.2 Å². The summed E-state index contributed by atoms with van der Waals surface area (Å²) >= 11 is 0. The van der Waals surface area contributed by atoms with Gasteiger partial charge < -0.3 is 9.63 Å². The summed E-state index contributed by atoms with van der Waals surface area (Å²) in [6, 6.07) is 17.3. The lowest BCUT2D eigenvalue weighted by molar-refractivity contribution is -0.147. The molecular formula is C29H26FN3O3. The van der Waals surface area contributed by atoms with Gasteiger partial charge in [0.05, 0.1) is 5.92 Å². The second kappa shape index (κ2) is 8.68. The van der Waals surface area contributed by atoms with Gasteiger partial charge in [-0.15, -0.1) is 0 Å². The molecule has 0 saturated heterocycles. The first kappa shape index (κ1) is 22.6. The van der Waals surface area contributed by atoms with E-state index in [1.165, 1.54) is 17.2 Å². The molecule has 0 spiro atoms. The van der Waals surface area contributed by atoms with E-state index in [0.29, 0.717) is 23.3 Å². The van der Waals surface area contributed by atoms with Crippen molar-refractivity contribution in [1.29, 1.82) is 0 Å². The third-order valence-electron chi connectivity index (χ3n) is 7.54. The summed E-state index contributed by atoms with van der Waals surface area (Å²) in [5, 5.41) is 13.4. The Morgan fingerprint density at radius 2 is 1.72 bits per heavy atom. The topological polar surface area (TPSA) is 79.5 Å². The number of halogens is 1. The van der Waals surface area contributed by atoms with Gasteiger partial charge in [-0.05, 0) is 78.8 Å². The van der Waals surface area contributed by atoms with Gasteiger partial charge in [-0.2, -0.15) is 4.98 Å². The molecule has 1 saturated carbocycles. The number of aromatic nitrogens is 2. The summed E-state index contributed by atoms with van der Waals surface area (Å²) in [4.78, 5) is 18.2. The van der Waals surface area contributed by atoms with Crippen LogP contribution >= 0.6 is 0 Å². The third-order valence-corrected chi connectivity index (χ3v) is 7.54. The number of fused-ring (bicyclic) bond motifs is 1. The third kappa shape index (κ3) is 3.89. The Labute approximate surface area is 208 Å². The van der Waals surface area contributed by atoms with Gasteiger partial charge in [0.15, 0.2) is 0 Å². The minimum absolute atomic E-state index is 0.208. The Hall–Kier alpha value is -3.84. The van der Waals surface area contributed by atoms with Crippen molar-refractivity contribution in [2.75, 3.05) is 0 Å². The van der Waals surface area contributed by atoms with Crippen LogP contribution in [0.4, 0.5) is 4.39 Å². The first-order chi connectivity index (χ1) is 17.4. The van der Waals surface area contributed by atoms with Gasteiger partial charge in [0.2, 0.25) is 5.82 Å². The molecule has 36 heavy (non-hydrogen) atoms. The first-order valence-corrected chi connectivity index (χ1v) is 12.2. The molecule has 1 N–H and O–H groups in total. The summed E-state index contributed by atoms with van der Waals surface area (Å²) in [6.07, 6.45) is 1.44. The van der Waals surface area contributed by atoms with Gasteiger partial charge in [-0.1, -0.05) is 35.5 Å². The highest BCUT2D eigenvalue weighted by molar-refractivity contribution is 5.75. The van der Waals surface area contributed by atoms with Crippen molar-refractivity contribution in [3.05, 3.63) is 82.7 Å². The maximum absolute atomic E-state index is 14.4. The Balaban J connectivity index is 1.23. The van der Waals surface area contributed by atoms with Crippen LogP contribution in [0.15, 0.2) is 59.1 Å². The number of benzene rings is 3. The summed E-state index contributed by atoms with van der Waals surface area (Å²) in [7, 11) is 0. The molecule has 1 aliphatic heterocycles. The second-order valence-electron chi connectivity index (χ2n) is 9.94. The molecule has 0 unspecified atom stereocenters. The molecule has 4 aromatic rings. The van der Waals surface area contributed by atoms with Crippen LogP contribution in [0.25, 0.3) is 34.0 Å². The van der Waals surface area contributed by atoms with E-state index in [1.54, 1.807) is 12.1 Å². The quantitative estimate of drug-likeness (QED) is 0.375. The molecule has 2 aliphatic rings. The average molecular weight is 484 g/mol. The van der Waals surface area contributed by atoms with Crippen LogP contribution in [0, 0.1) is 25.6 Å². The summed E-state index contributed by atoms with van der Waals surface area (Å²) in [5.74, 6) is -0.196. The molecule has 6 rings (SSSR count). The van der Waals surface area contributed by atoms with Crippen LogP contribution in [-0.2, 0) is 17.9 Å². The van der Waals surface area contributed by atoms with Crippen molar-refractivity contribution >= 4 is 5.97 Å². The number of aliphatic carboxylic acids is 1. The van der Waals surface area contributed by atoms with Crippen molar-refractivity contribution < 1.29 is 18.8 Å². The highest BCUT2D eigenvalue weighted by atomic mass is 19.1. The van der Waals surface area contributed by atoms with Crippen molar-refractivity contribution in [3.63, 3.8) is 0 Å². The highest BCUT2D eigenvalue weighted by Gasteiger charge is 2.39. The van der Waals surface area contributed by atoms with Crippen LogP contribution < -0.4 is 0 Å². The first-order valence-electron chi connectivity index (χ1n) is 12.2. The van der Waals surface area contributed by atoms with Gasteiger partial charge in [-0.3, -0.25) is 9.69 Å². The van der Waals surface area contributed by atoms with E-state index in [0.717, 1.165) is 53.7 Å². The van der Waals surface area contributed by atoms with Crippen LogP contribution in [-0.4, -0.2) is 32.2 Å². The standard InChI is InChI=1S/C29H26FN3O3/c1-16-9-20(10-17(2)26(16)24-5-3-4-6-25(24)30)28-31-27(32-36-28)18-7-8-19-14-33(15-22(19)11-18)23-12-21(13-23)29(34)35/h3-11,21,23H,12-15H2,1-2H3,(H,34,35)/t21-,23-. The van der Waals surface area contributed by atoms with Crippen LogP contribution in [0.3, 0.4) is 0 Å². The van der Waals surface area contributed by atoms with Crippen molar-refractivity contribution in [2.24, 2.45) is 5.92 Å². The molecule has 6 nitrogen and oxygen atoms in total. The molecule has 0 radical (unpaired) electrons. The second-order valence-corrected chi connectivity index (χ2v) is 9.94. The van der Waals surface area contributed by atoms with Crippen molar-refractivity contribution in [2.45, 2.75) is 45.8 Å². The maximum atomic E-state index is 14.4. The molecule has 2 heterocycles. The van der Waals surface area contributed by atoms with E-state index in [-0.39, 0.29) is 11.7 Å². The number of rotatable bonds is 5. The number of carbonyl (C=O) groups is 1. The lowest BCUT2D eigenvalue weighted by Gasteiger charge is -2.39. The van der Waals surface area contributed by atoms with Crippen LogP contribution in [0.1, 0.15) is 35.1 Å². The number of carboxylic acid groups (broad SMARTS) is 1. The van der Waals surface area contributed by atoms with E-state index in [9.17, 15) is 9.18 Å². The Morgan fingerprint density at radius 3 is 2.44 bits per heavy atom. The fourth-order valence-electron chi connectivity index (χ4n) is 5.54. The number of hydrogen-bond acceptors (Lipinski definition) is 5. The largest absolute Gasteiger partial charge is 0.481 e. The van der Waals surface area contributed by atoms with E-state index in [4.69, 9.17) is 9.63 Å². The SMILES string of the molecule is Cc1cc(-c2nc(-c3ccc4c(c3)CN([C@H]3C[C@H](C(=O)O)C3)C4)no2)cc(C)c1-c1ccccc1F. The van der Waals surface area contributed by atoms with E-state index < -0.39 is 5.97 Å². The van der Waals surface area contributed by atoms with Gasteiger partial charge in [-0.25, -0.2) is 4.39 Å². The zero-order valence-electron chi connectivity index (χ0n) is 20.2. The molecule has 7 heteroatoms. The molecular weight excluding hydrogens is 457 g/mol. The fourth-order valence-corrected chi connectivity index (χ4v) is 5.54. The maximum Gasteiger partial charge on any atom is 0.306 e. The smallest absolute Gasteiger partial charge is 0.306 e. The van der Waals surface area contributed by atoms with Crippen molar-refractivity contribution in [3.8, 4) is 34.0 Å². The van der Waals surface area contributed by atoms with E-state index in [1.807, 2.05) is 38.1 Å². The molecule has 0 bridgehead atoms. The summed E-state index contributed by atoms with van der Waals surface area (Å²) in [5.41, 5.74) is 7.50. The van der Waals surface area contributed by atoms with Gasteiger partial charge in [0.1, 0.15) is 5.82 Å². The normalized spacial score (nSPS) is 19.2. The average Bonchev–Trinajstić information content (AvgIpc) is 3.45. The van der Waals surface area contributed by atoms with Crippen LogP contribution in [0.5, 0.6) is 0 Å². The highest BCUT2D eigenvalue weighted by Crippen LogP contribution is 2.38.